The van der Waals surface area contributed by atoms with Crippen molar-refractivity contribution in [3.05, 3.63) is 92.8 Å². The molecule has 5 heteroatoms. The van der Waals surface area contributed by atoms with E-state index in [2.05, 4.69) is 41.8 Å². The van der Waals surface area contributed by atoms with Gasteiger partial charge < -0.3 is 10.6 Å². The van der Waals surface area contributed by atoms with E-state index in [4.69, 9.17) is 11.6 Å². The summed E-state index contributed by atoms with van der Waals surface area (Å²) < 4.78 is 0. The molecule has 2 heterocycles. The number of thiophene rings is 1. The molecular formula is C24H21ClN2OS. The molecule has 3 unspecified atom stereocenters. The van der Waals surface area contributed by atoms with Crippen molar-refractivity contribution in [2.24, 2.45) is 5.92 Å². The van der Waals surface area contributed by atoms with Crippen molar-refractivity contribution < 1.29 is 4.79 Å². The van der Waals surface area contributed by atoms with E-state index >= 15 is 0 Å². The van der Waals surface area contributed by atoms with E-state index in [1.54, 1.807) is 11.3 Å². The summed E-state index contributed by atoms with van der Waals surface area (Å²) in [5.74, 6) is -0.0404. The van der Waals surface area contributed by atoms with Crippen LogP contribution in [0.15, 0.2) is 72.4 Å². The highest BCUT2D eigenvalue weighted by Gasteiger charge is 2.40. The average molecular weight is 421 g/mol. The number of allylic oxidation sites excluding steroid dienone is 1. The molecule has 146 valence electrons. The SMILES string of the molecule is Cc1ccc(C2Nc3ccccc3NC3=CC(c4ccccc4Cl)CC(=O)C32)s1. The van der Waals surface area contributed by atoms with E-state index in [9.17, 15) is 4.79 Å². The van der Waals surface area contributed by atoms with Gasteiger partial charge in [-0.15, -0.1) is 11.3 Å². The Kier molecular flexibility index (Phi) is 4.69. The zero-order valence-corrected chi connectivity index (χ0v) is 17.6. The van der Waals surface area contributed by atoms with Gasteiger partial charge in [-0.2, -0.15) is 0 Å². The zero-order chi connectivity index (χ0) is 20.0. The van der Waals surface area contributed by atoms with Gasteiger partial charge in [0.25, 0.3) is 0 Å². The van der Waals surface area contributed by atoms with Crippen LogP contribution < -0.4 is 10.6 Å². The molecule has 1 aliphatic carbocycles. The van der Waals surface area contributed by atoms with E-state index in [0.717, 1.165) is 22.6 Å². The molecule has 1 aliphatic heterocycles. The van der Waals surface area contributed by atoms with E-state index in [-0.39, 0.29) is 23.7 Å². The maximum atomic E-state index is 13.5. The first-order valence-corrected chi connectivity index (χ1v) is 11.0. The fourth-order valence-corrected chi connectivity index (χ4v) is 5.58. The minimum atomic E-state index is -0.251. The summed E-state index contributed by atoms with van der Waals surface area (Å²) in [5, 5.41) is 7.91. The summed E-state index contributed by atoms with van der Waals surface area (Å²) in [5.41, 5.74) is 3.97. The van der Waals surface area contributed by atoms with Gasteiger partial charge in [0.1, 0.15) is 5.78 Å². The second-order valence-electron chi connectivity index (χ2n) is 7.64. The number of aryl methyl sites for hydroxylation is 1. The number of halogens is 1. The normalized spacial score (nSPS) is 23.2. The number of para-hydroxylation sites is 2. The molecule has 0 radical (unpaired) electrons. The van der Waals surface area contributed by atoms with E-state index in [1.807, 2.05) is 42.5 Å². The molecular weight excluding hydrogens is 400 g/mol. The molecule has 0 saturated carbocycles. The second-order valence-corrected chi connectivity index (χ2v) is 9.37. The number of rotatable bonds is 2. The Labute approximate surface area is 179 Å². The summed E-state index contributed by atoms with van der Waals surface area (Å²) in [6, 6.07) is 20.1. The molecule has 0 saturated heterocycles. The molecule has 0 bridgehead atoms. The Morgan fingerprint density at radius 2 is 1.76 bits per heavy atom. The fraction of sp³-hybridized carbons (Fsp3) is 0.208. The quantitative estimate of drug-likeness (QED) is 0.494. The Balaban J connectivity index is 1.63. The fourth-order valence-electron chi connectivity index (χ4n) is 4.34. The lowest BCUT2D eigenvalue weighted by Crippen LogP contribution is -2.33. The third-order valence-corrected chi connectivity index (χ3v) is 7.13. The van der Waals surface area contributed by atoms with Crippen LogP contribution in [0, 0.1) is 12.8 Å². The lowest BCUT2D eigenvalue weighted by Gasteiger charge is -2.32. The minimum absolute atomic E-state index is 0.0223. The number of anilines is 2. The Morgan fingerprint density at radius 1 is 1.00 bits per heavy atom. The summed E-state index contributed by atoms with van der Waals surface area (Å²) in [4.78, 5) is 15.9. The number of carbonyl (C=O) groups excluding carboxylic acids is 1. The van der Waals surface area contributed by atoms with Crippen LogP contribution in [0.1, 0.15) is 33.7 Å². The monoisotopic (exact) mass is 420 g/mol. The van der Waals surface area contributed by atoms with Crippen LogP contribution in [-0.4, -0.2) is 5.78 Å². The van der Waals surface area contributed by atoms with Gasteiger partial charge in [-0.05, 0) is 42.8 Å². The highest BCUT2D eigenvalue weighted by atomic mass is 35.5. The van der Waals surface area contributed by atoms with Gasteiger partial charge in [-0.3, -0.25) is 4.79 Å². The highest BCUT2D eigenvalue weighted by Crippen LogP contribution is 2.46. The predicted molar refractivity (Wildman–Crippen MR) is 121 cm³/mol. The van der Waals surface area contributed by atoms with Crippen LogP contribution in [0.5, 0.6) is 0 Å². The topological polar surface area (TPSA) is 41.1 Å². The number of hydrogen-bond donors (Lipinski definition) is 2. The Bertz CT molecular complexity index is 1120. The van der Waals surface area contributed by atoms with Crippen molar-refractivity contribution in [3.63, 3.8) is 0 Å². The Morgan fingerprint density at radius 3 is 2.52 bits per heavy atom. The van der Waals surface area contributed by atoms with Gasteiger partial charge in [-0.25, -0.2) is 0 Å². The smallest absolute Gasteiger partial charge is 0.145 e. The highest BCUT2D eigenvalue weighted by molar-refractivity contribution is 7.12. The lowest BCUT2D eigenvalue weighted by atomic mass is 9.78. The van der Waals surface area contributed by atoms with Gasteiger partial charge in [0.15, 0.2) is 0 Å². The molecule has 3 atom stereocenters. The van der Waals surface area contributed by atoms with Crippen molar-refractivity contribution in [2.75, 3.05) is 10.6 Å². The van der Waals surface area contributed by atoms with Crippen molar-refractivity contribution >= 4 is 40.1 Å². The maximum absolute atomic E-state index is 13.5. The molecule has 1 aromatic heterocycles. The number of ketones is 1. The molecule has 2 aliphatic rings. The number of fused-ring (bicyclic) bond motifs is 2. The van der Waals surface area contributed by atoms with Gasteiger partial charge in [0.05, 0.1) is 23.3 Å². The van der Waals surface area contributed by atoms with E-state index < -0.39 is 0 Å². The van der Waals surface area contributed by atoms with E-state index in [0.29, 0.717) is 11.4 Å². The predicted octanol–water partition coefficient (Wildman–Crippen LogP) is 6.55. The van der Waals surface area contributed by atoms with Crippen molar-refractivity contribution in [3.8, 4) is 0 Å². The first kappa shape index (κ1) is 18.5. The van der Waals surface area contributed by atoms with Gasteiger partial charge >= 0.3 is 0 Å². The van der Waals surface area contributed by atoms with E-state index in [1.165, 1.54) is 9.75 Å². The van der Waals surface area contributed by atoms with Crippen LogP contribution >= 0.6 is 22.9 Å². The molecule has 3 nitrogen and oxygen atoms in total. The molecule has 29 heavy (non-hydrogen) atoms. The van der Waals surface area contributed by atoms with Crippen LogP contribution in [0.3, 0.4) is 0 Å². The van der Waals surface area contributed by atoms with Gasteiger partial charge in [0.2, 0.25) is 0 Å². The van der Waals surface area contributed by atoms with Crippen LogP contribution in [0.2, 0.25) is 5.02 Å². The Hall–Kier alpha value is -2.56. The van der Waals surface area contributed by atoms with Crippen LogP contribution in [0.4, 0.5) is 11.4 Å². The lowest BCUT2D eigenvalue weighted by molar-refractivity contribution is -0.122. The van der Waals surface area contributed by atoms with Crippen molar-refractivity contribution in [1.29, 1.82) is 0 Å². The molecule has 2 N–H and O–H groups in total. The summed E-state index contributed by atoms with van der Waals surface area (Å²) >= 11 is 8.19. The largest absolute Gasteiger partial charge is 0.375 e. The summed E-state index contributed by atoms with van der Waals surface area (Å²) in [6.07, 6.45) is 2.66. The molecule has 0 spiro atoms. The summed E-state index contributed by atoms with van der Waals surface area (Å²) in [7, 11) is 0. The van der Waals surface area contributed by atoms with Gasteiger partial charge in [-0.1, -0.05) is 48.0 Å². The number of Topliss-reactive ketones (excluding diaryl/α,β-unsaturated/α-hetero) is 1. The molecule has 3 aromatic rings. The zero-order valence-electron chi connectivity index (χ0n) is 16.0. The van der Waals surface area contributed by atoms with Crippen LogP contribution in [0.25, 0.3) is 0 Å². The third kappa shape index (κ3) is 3.37. The average Bonchev–Trinajstić information content (AvgIpc) is 3.06. The summed E-state index contributed by atoms with van der Waals surface area (Å²) in [6.45, 7) is 2.10. The van der Waals surface area contributed by atoms with Gasteiger partial charge in [0, 0.05) is 32.8 Å². The third-order valence-electron chi connectivity index (χ3n) is 5.71. The molecule has 0 amide bonds. The molecule has 0 fully saturated rings. The first-order valence-electron chi connectivity index (χ1n) is 9.78. The number of benzene rings is 2. The molecule has 2 aromatic carbocycles. The van der Waals surface area contributed by atoms with Crippen molar-refractivity contribution in [2.45, 2.75) is 25.3 Å². The maximum Gasteiger partial charge on any atom is 0.145 e. The number of hydrogen-bond acceptors (Lipinski definition) is 4. The van der Waals surface area contributed by atoms with Crippen LogP contribution in [-0.2, 0) is 4.79 Å². The number of nitrogens with one attached hydrogen (secondary N) is 2. The minimum Gasteiger partial charge on any atom is -0.375 e. The second kappa shape index (κ2) is 7.36. The molecule has 5 rings (SSSR count). The van der Waals surface area contributed by atoms with Crippen molar-refractivity contribution in [1.82, 2.24) is 0 Å². The first-order chi connectivity index (χ1) is 14.1. The standard InChI is InChI=1S/C24H21ClN2OS/c1-14-10-11-22(29-14)24-23-20(26-18-8-4-5-9-19(18)27-24)12-15(13-21(23)28)16-6-2-3-7-17(16)25/h2-12,15,23-24,26-27H,13H2,1H3. The number of carbonyl (C=O) groups is 1.